The molecule has 10 heteroatoms. The Labute approximate surface area is 122 Å². The molecule has 1 aromatic heterocycles. The van der Waals surface area contributed by atoms with Crippen LogP contribution in [-0.2, 0) is 21.0 Å². The van der Waals surface area contributed by atoms with E-state index < -0.39 is 15.2 Å². The lowest BCUT2D eigenvalue weighted by molar-refractivity contribution is -0.385. The zero-order valence-electron chi connectivity index (χ0n) is 11.9. The molecule has 9 nitrogen and oxygen atoms in total. The number of rotatable bonds is 5. The molecule has 1 aliphatic rings. The van der Waals surface area contributed by atoms with Crippen molar-refractivity contribution in [2.75, 3.05) is 20.2 Å². The van der Waals surface area contributed by atoms with Crippen LogP contribution in [0.5, 0.6) is 0 Å². The van der Waals surface area contributed by atoms with Crippen LogP contribution in [0.4, 0.5) is 5.69 Å². The lowest BCUT2D eigenvalue weighted by atomic mass is 9.98. The van der Waals surface area contributed by atoms with Crippen molar-refractivity contribution in [2.24, 2.45) is 5.92 Å². The van der Waals surface area contributed by atoms with Gasteiger partial charge in [0.15, 0.2) is 0 Å². The highest BCUT2D eigenvalue weighted by Crippen LogP contribution is 2.23. The van der Waals surface area contributed by atoms with Crippen molar-refractivity contribution in [1.82, 2.24) is 14.1 Å². The second-order valence-electron chi connectivity index (χ2n) is 5.05. The number of aryl methyl sites for hydroxylation is 1. The summed E-state index contributed by atoms with van der Waals surface area (Å²) in [4.78, 5) is 10.3. The van der Waals surface area contributed by atoms with Gasteiger partial charge < -0.3 is 0 Å². The summed E-state index contributed by atoms with van der Waals surface area (Å²) in [5, 5.41) is 14.9. The molecule has 0 bridgehead atoms. The first-order valence-electron chi connectivity index (χ1n) is 6.57. The summed E-state index contributed by atoms with van der Waals surface area (Å²) in [6, 6.07) is 0. The molecule has 0 saturated carbocycles. The molecule has 1 saturated heterocycles. The number of nitro groups is 1. The molecule has 0 unspecified atom stereocenters. The van der Waals surface area contributed by atoms with Gasteiger partial charge in [-0.25, -0.2) is 0 Å². The van der Waals surface area contributed by atoms with Crippen LogP contribution in [0.3, 0.4) is 0 Å². The van der Waals surface area contributed by atoms with Gasteiger partial charge in [-0.15, -0.1) is 0 Å². The van der Waals surface area contributed by atoms with Gasteiger partial charge in [-0.3, -0.25) is 19.0 Å². The number of nitrogens with zero attached hydrogens (tertiary/aromatic N) is 4. The molecule has 0 amide bonds. The maximum absolute atomic E-state index is 11.6. The molecule has 1 aliphatic heterocycles. The Morgan fingerprint density at radius 1 is 1.48 bits per heavy atom. The van der Waals surface area contributed by atoms with Crippen molar-refractivity contribution in [3.8, 4) is 0 Å². The first-order chi connectivity index (χ1) is 9.83. The highest BCUT2D eigenvalue weighted by Gasteiger charge is 2.28. The Hall–Kier alpha value is -1.52. The maximum Gasteiger partial charge on any atom is 0.338 e. The molecule has 0 N–H and O–H groups in total. The minimum Gasteiger partial charge on any atom is -0.265 e. The minimum absolute atomic E-state index is 0.00870. The van der Waals surface area contributed by atoms with Crippen molar-refractivity contribution in [3.63, 3.8) is 0 Å². The molecule has 2 rings (SSSR count). The molecule has 0 radical (unpaired) electrons. The van der Waals surface area contributed by atoms with Crippen molar-refractivity contribution in [1.29, 1.82) is 0 Å². The summed E-state index contributed by atoms with van der Waals surface area (Å²) in [6.07, 6.45) is 2.78. The Bertz CT molecular complexity index is 619. The van der Waals surface area contributed by atoms with Crippen LogP contribution in [-0.4, -0.2) is 47.6 Å². The van der Waals surface area contributed by atoms with Crippen LogP contribution in [0.1, 0.15) is 18.5 Å². The topological polar surface area (TPSA) is 108 Å². The fourth-order valence-electron chi connectivity index (χ4n) is 2.47. The zero-order valence-corrected chi connectivity index (χ0v) is 12.7. The van der Waals surface area contributed by atoms with Gasteiger partial charge in [0.1, 0.15) is 11.9 Å². The van der Waals surface area contributed by atoms with Gasteiger partial charge in [-0.05, 0) is 25.7 Å². The molecule has 118 valence electrons. The Kier molecular flexibility index (Phi) is 4.59. The van der Waals surface area contributed by atoms with E-state index in [1.165, 1.54) is 10.5 Å². The fraction of sp³-hybridized carbons (Fsp3) is 0.727. The Morgan fingerprint density at radius 3 is 2.57 bits per heavy atom. The average molecular weight is 318 g/mol. The number of aromatic nitrogens is 2. The molecule has 0 aliphatic carbocycles. The number of piperidine rings is 1. The second kappa shape index (κ2) is 6.08. The smallest absolute Gasteiger partial charge is 0.265 e. The second-order valence-corrected chi connectivity index (χ2v) is 6.75. The predicted molar refractivity (Wildman–Crippen MR) is 73.8 cm³/mol. The predicted octanol–water partition coefficient (Wildman–Crippen LogP) is 0.703. The van der Waals surface area contributed by atoms with Crippen molar-refractivity contribution < 1.29 is 17.5 Å². The molecular weight excluding hydrogens is 300 g/mol. The highest BCUT2D eigenvalue weighted by atomic mass is 32.2. The van der Waals surface area contributed by atoms with Crippen LogP contribution in [0.25, 0.3) is 0 Å². The third-order valence-corrected chi connectivity index (χ3v) is 5.08. The normalized spacial score (nSPS) is 18.0. The van der Waals surface area contributed by atoms with Gasteiger partial charge in [0, 0.05) is 19.6 Å². The number of hydrogen-bond acceptors (Lipinski definition) is 6. The number of hydrogen-bond donors (Lipinski definition) is 0. The van der Waals surface area contributed by atoms with E-state index in [4.69, 9.17) is 0 Å². The van der Waals surface area contributed by atoms with E-state index in [-0.39, 0.29) is 11.6 Å². The van der Waals surface area contributed by atoms with E-state index >= 15 is 0 Å². The van der Waals surface area contributed by atoms with Crippen molar-refractivity contribution >= 4 is 16.0 Å². The lowest BCUT2D eigenvalue weighted by Gasteiger charge is -2.29. The fourth-order valence-corrected chi connectivity index (χ4v) is 3.33. The summed E-state index contributed by atoms with van der Waals surface area (Å²) in [5.41, 5.74) is 0.397. The molecule has 0 aromatic carbocycles. The van der Waals surface area contributed by atoms with E-state index in [0.29, 0.717) is 38.2 Å². The third-order valence-electron chi connectivity index (χ3n) is 3.66. The maximum atomic E-state index is 11.6. The van der Waals surface area contributed by atoms with Crippen LogP contribution in [0.2, 0.25) is 0 Å². The molecule has 0 atom stereocenters. The summed E-state index contributed by atoms with van der Waals surface area (Å²) in [7, 11) is -2.46. The summed E-state index contributed by atoms with van der Waals surface area (Å²) in [6.45, 7) is 2.93. The van der Waals surface area contributed by atoms with Crippen LogP contribution >= 0.6 is 0 Å². The lowest BCUT2D eigenvalue weighted by Crippen LogP contribution is -2.39. The summed E-state index contributed by atoms with van der Waals surface area (Å²) >= 11 is 0. The quantitative estimate of drug-likeness (QED) is 0.584. The van der Waals surface area contributed by atoms with Crippen LogP contribution < -0.4 is 0 Å². The molecule has 21 heavy (non-hydrogen) atoms. The van der Waals surface area contributed by atoms with Crippen LogP contribution in [0, 0.1) is 23.0 Å². The van der Waals surface area contributed by atoms with E-state index in [2.05, 4.69) is 9.28 Å². The van der Waals surface area contributed by atoms with E-state index in [1.54, 1.807) is 11.6 Å². The van der Waals surface area contributed by atoms with Crippen molar-refractivity contribution in [2.45, 2.75) is 26.3 Å². The largest absolute Gasteiger partial charge is 0.338 e. The molecule has 0 spiro atoms. The average Bonchev–Trinajstić information content (AvgIpc) is 2.80. The van der Waals surface area contributed by atoms with Gasteiger partial charge >= 0.3 is 16.0 Å². The highest BCUT2D eigenvalue weighted by molar-refractivity contribution is 7.84. The summed E-state index contributed by atoms with van der Waals surface area (Å²) < 4.78 is 30.5. The van der Waals surface area contributed by atoms with Gasteiger partial charge in [0.05, 0.1) is 12.0 Å². The minimum atomic E-state index is -3.61. The molecule has 2 heterocycles. The third kappa shape index (κ3) is 3.57. The Morgan fingerprint density at radius 2 is 2.10 bits per heavy atom. The molecular formula is C11H18N4O5S. The van der Waals surface area contributed by atoms with Crippen LogP contribution in [0.15, 0.2) is 6.20 Å². The van der Waals surface area contributed by atoms with E-state index in [1.807, 2.05) is 0 Å². The monoisotopic (exact) mass is 318 g/mol. The Balaban J connectivity index is 1.95. The first kappa shape index (κ1) is 15.9. The first-order valence-corrected chi connectivity index (χ1v) is 7.94. The van der Waals surface area contributed by atoms with Gasteiger partial charge in [0.2, 0.25) is 0 Å². The molecule has 1 fully saturated rings. The standard InChI is InChI=1S/C11H18N4O5S/c1-9-11(15(16)17)8-13(12-9)7-10-3-5-14(6-4-10)21(18,19)20-2/h8,10H,3-7H2,1-2H3. The van der Waals surface area contributed by atoms with Gasteiger partial charge in [-0.1, -0.05) is 0 Å². The van der Waals surface area contributed by atoms with E-state index in [9.17, 15) is 18.5 Å². The van der Waals surface area contributed by atoms with Crippen molar-refractivity contribution in [3.05, 3.63) is 22.0 Å². The summed E-state index contributed by atoms with van der Waals surface area (Å²) in [5.74, 6) is 0.243. The SMILES string of the molecule is COS(=O)(=O)N1CCC(Cn2cc([N+](=O)[O-])c(C)n2)CC1. The zero-order chi connectivity index (χ0) is 15.6. The van der Waals surface area contributed by atoms with Gasteiger partial charge in [-0.2, -0.15) is 17.8 Å². The van der Waals surface area contributed by atoms with Gasteiger partial charge in [0.25, 0.3) is 0 Å². The van der Waals surface area contributed by atoms with E-state index in [0.717, 1.165) is 7.11 Å². The molecule has 1 aromatic rings.